The topological polar surface area (TPSA) is 102 Å². The van der Waals surface area contributed by atoms with Gasteiger partial charge in [-0.2, -0.15) is 13.2 Å². The zero-order chi connectivity index (χ0) is 21.0. The number of fused-ring (bicyclic) bond motifs is 1. The first-order valence-corrected chi connectivity index (χ1v) is 11.4. The Hall–Kier alpha value is -1.89. The zero-order valence-electron chi connectivity index (χ0n) is 14.8. The molecule has 0 aromatic heterocycles. The van der Waals surface area contributed by atoms with Crippen LogP contribution >= 0.6 is 0 Å². The minimum Gasteiger partial charge on any atom is -0.492 e. The molecule has 2 rings (SSSR count). The normalized spacial score (nSPS) is 13.0. The molecule has 12 heteroatoms. The molecule has 2 aromatic carbocycles. The van der Waals surface area contributed by atoms with Crippen molar-refractivity contribution in [3.63, 3.8) is 0 Å². The number of rotatable bonds is 9. The Morgan fingerprint density at radius 2 is 1.57 bits per heavy atom. The van der Waals surface area contributed by atoms with E-state index < -0.39 is 32.1 Å². The summed E-state index contributed by atoms with van der Waals surface area (Å²) >= 11 is 0. The van der Waals surface area contributed by atoms with E-state index in [9.17, 15) is 30.0 Å². The lowest BCUT2D eigenvalue weighted by Gasteiger charge is -2.11. The Morgan fingerprint density at radius 3 is 2.21 bits per heavy atom. The SMILES string of the molecule is CS(=O)(=O)NCCc1ccc2cc(OCCNS(=O)(=O)C(F)(F)F)ccc2c1. The van der Waals surface area contributed by atoms with Crippen molar-refractivity contribution in [3.05, 3.63) is 42.0 Å². The zero-order valence-corrected chi connectivity index (χ0v) is 16.4. The van der Waals surface area contributed by atoms with Crippen LogP contribution in [0.1, 0.15) is 5.56 Å². The van der Waals surface area contributed by atoms with Gasteiger partial charge in [0.25, 0.3) is 0 Å². The van der Waals surface area contributed by atoms with E-state index in [-0.39, 0.29) is 13.2 Å². The van der Waals surface area contributed by atoms with Gasteiger partial charge in [0.05, 0.1) is 6.26 Å². The van der Waals surface area contributed by atoms with E-state index in [1.165, 1.54) is 4.72 Å². The van der Waals surface area contributed by atoms with Crippen LogP contribution in [0.4, 0.5) is 13.2 Å². The Kier molecular flexibility index (Phi) is 6.91. The summed E-state index contributed by atoms with van der Waals surface area (Å²) in [7, 11) is -8.62. The highest BCUT2D eigenvalue weighted by atomic mass is 32.2. The van der Waals surface area contributed by atoms with Crippen LogP contribution in [-0.2, 0) is 26.5 Å². The summed E-state index contributed by atoms with van der Waals surface area (Å²) in [6, 6.07) is 10.6. The van der Waals surface area contributed by atoms with E-state index in [1.807, 2.05) is 18.2 Å². The molecule has 2 aromatic rings. The summed E-state index contributed by atoms with van der Waals surface area (Å²) in [4.78, 5) is 0. The molecule has 0 aliphatic heterocycles. The van der Waals surface area contributed by atoms with E-state index in [4.69, 9.17) is 4.74 Å². The molecular formula is C16H19F3N2O5S2. The molecule has 156 valence electrons. The first kappa shape index (κ1) is 22.4. The molecule has 0 amide bonds. The number of halogens is 3. The molecule has 0 saturated heterocycles. The standard InChI is InChI=1S/C16H19F3N2O5S2/c1-27(22,23)20-7-6-12-2-3-14-11-15(5-4-13(14)10-12)26-9-8-21-28(24,25)16(17,18)19/h2-5,10-11,20-21H,6-9H2,1H3. The van der Waals surface area contributed by atoms with Gasteiger partial charge in [0, 0.05) is 13.1 Å². The molecule has 0 atom stereocenters. The monoisotopic (exact) mass is 440 g/mol. The Balaban J connectivity index is 1.93. The third-order valence-electron chi connectivity index (χ3n) is 3.62. The fourth-order valence-electron chi connectivity index (χ4n) is 2.33. The van der Waals surface area contributed by atoms with Crippen molar-refractivity contribution in [3.8, 4) is 5.75 Å². The average molecular weight is 440 g/mol. The molecule has 0 saturated carbocycles. The van der Waals surface area contributed by atoms with Gasteiger partial charge in [-0.25, -0.2) is 26.3 Å². The molecule has 0 heterocycles. The van der Waals surface area contributed by atoms with Crippen molar-refractivity contribution in [2.75, 3.05) is 26.0 Å². The predicted molar refractivity (Wildman–Crippen MR) is 99.0 cm³/mol. The van der Waals surface area contributed by atoms with Crippen LogP contribution < -0.4 is 14.2 Å². The maximum absolute atomic E-state index is 12.2. The molecule has 2 N–H and O–H groups in total. The van der Waals surface area contributed by atoms with Gasteiger partial charge in [-0.3, -0.25) is 0 Å². The molecule has 0 spiro atoms. The maximum atomic E-state index is 12.2. The molecule has 0 aliphatic rings. The average Bonchev–Trinajstić information content (AvgIpc) is 2.56. The summed E-state index contributed by atoms with van der Waals surface area (Å²) in [5.74, 6) is 0.380. The third kappa shape index (κ3) is 6.62. The van der Waals surface area contributed by atoms with Crippen LogP contribution in [0, 0.1) is 0 Å². The molecule has 7 nitrogen and oxygen atoms in total. The van der Waals surface area contributed by atoms with Crippen molar-refractivity contribution in [2.24, 2.45) is 0 Å². The first-order valence-electron chi connectivity index (χ1n) is 8.03. The second-order valence-electron chi connectivity index (χ2n) is 5.95. The van der Waals surface area contributed by atoms with E-state index in [0.29, 0.717) is 12.2 Å². The van der Waals surface area contributed by atoms with Gasteiger partial charge >= 0.3 is 15.5 Å². The molecule has 0 bridgehead atoms. The van der Waals surface area contributed by atoms with Gasteiger partial charge in [-0.15, -0.1) is 0 Å². The minimum atomic E-state index is -5.38. The summed E-state index contributed by atoms with van der Waals surface area (Å²) < 4.78 is 89.6. The van der Waals surface area contributed by atoms with Crippen LogP contribution in [0.25, 0.3) is 10.8 Å². The molecule has 0 aliphatic carbocycles. The first-order chi connectivity index (χ1) is 12.9. The molecule has 0 radical (unpaired) electrons. The second kappa shape index (κ2) is 8.64. The Morgan fingerprint density at radius 1 is 0.929 bits per heavy atom. The number of ether oxygens (including phenoxy) is 1. The highest BCUT2D eigenvalue weighted by Crippen LogP contribution is 2.23. The van der Waals surface area contributed by atoms with Gasteiger partial charge in [-0.1, -0.05) is 24.3 Å². The van der Waals surface area contributed by atoms with Crippen molar-refractivity contribution >= 4 is 30.8 Å². The minimum absolute atomic E-state index is 0.268. The lowest BCUT2D eigenvalue weighted by atomic mass is 10.0. The maximum Gasteiger partial charge on any atom is 0.511 e. The highest BCUT2D eigenvalue weighted by Gasteiger charge is 2.45. The van der Waals surface area contributed by atoms with Crippen LogP contribution in [0.15, 0.2) is 36.4 Å². The van der Waals surface area contributed by atoms with E-state index >= 15 is 0 Å². The summed E-state index contributed by atoms with van der Waals surface area (Å²) in [6.07, 6.45) is 1.60. The summed E-state index contributed by atoms with van der Waals surface area (Å²) in [5.41, 5.74) is -4.43. The van der Waals surface area contributed by atoms with Crippen LogP contribution in [0.2, 0.25) is 0 Å². The lowest BCUT2D eigenvalue weighted by Crippen LogP contribution is -2.38. The molecule has 28 heavy (non-hydrogen) atoms. The number of alkyl halides is 3. The third-order valence-corrected chi connectivity index (χ3v) is 5.54. The van der Waals surface area contributed by atoms with Crippen molar-refractivity contribution in [2.45, 2.75) is 11.9 Å². The summed E-state index contributed by atoms with van der Waals surface area (Å²) in [6.45, 7) is -0.512. The molecular weight excluding hydrogens is 421 g/mol. The number of sulfonamides is 2. The molecule has 0 fully saturated rings. The van der Waals surface area contributed by atoms with Gasteiger partial charge in [0.15, 0.2) is 0 Å². The van der Waals surface area contributed by atoms with Crippen molar-refractivity contribution in [1.29, 1.82) is 0 Å². The Labute approximate surface area is 161 Å². The number of hydrogen-bond acceptors (Lipinski definition) is 5. The Bertz CT molecular complexity index is 1040. The number of benzene rings is 2. The van der Waals surface area contributed by atoms with E-state index in [2.05, 4.69) is 4.72 Å². The molecule has 0 unspecified atom stereocenters. The van der Waals surface area contributed by atoms with Crippen LogP contribution in [-0.4, -0.2) is 48.3 Å². The number of nitrogens with one attached hydrogen (secondary N) is 2. The van der Waals surface area contributed by atoms with Gasteiger partial charge in [0.2, 0.25) is 10.0 Å². The second-order valence-corrected chi connectivity index (χ2v) is 9.54. The van der Waals surface area contributed by atoms with E-state index in [0.717, 1.165) is 22.6 Å². The fourth-order valence-corrected chi connectivity index (χ4v) is 3.31. The predicted octanol–water partition coefficient (Wildman–Crippen LogP) is 1.75. The van der Waals surface area contributed by atoms with Crippen molar-refractivity contribution < 1.29 is 34.7 Å². The van der Waals surface area contributed by atoms with Gasteiger partial charge in [0.1, 0.15) is 12.4 Å². The van der Waals surface area contributed by atoms with Gasteiger partial charge < -0.3 is 4.74 Å². The summed E-state index contributed by atoms with van der Waals surface area (Å²) in [5, 5.41) is 1.69. The number of hydrogen-bond donors (Lipinski definition) is 2. The fraction of sp³-hybridized carbons (Fsp3) is 0.375. The van der Waals surface area contributed by atoms with Crippen molar-refractivity contribution in [1.82, 2.24) is 9.44 Å². The van der Waals surface area contributed by atoms with Gasteiger partial charge in [-0.05, 0) is 34.9 Å². The van der Waals surface area contributed by atoms with Crippen LogP contribution in [0.3, 0.4) is 0 Å². The highest BCUT2D eigenvalue weighted by molar-refractivity contribution is 7.90. The van der Waals surface area contributed by atoms with E-state index in [1.54, 1.807) is 18.2 Å². The smallest absolute Gasteiger partial charge is 0.492 e. The lowest BCUT2D eigenvalue weighted by molar-refractivity contribution is -0.0448. The van der Waals surface area contributed by atoms with Crippen LogP contribution in [0.5, 0.6) is 5.75 Å². The quantitative estimate of drug-likeness (QED) is 0.579. The largest absolute Gasteiger partial charge is 0.511 e.